The van der Waals surface area contributed by atoms with Gasteiger partial charge in [0.05, 0.1) is 0 Å². The van der Waals surface area contributed by atoms with E-state index in [-0.39, 0.29) is 11.5 Å². The van der Waals surface area contributed by atoms with Crippen LogP contribution < -0.4 is 15.4 Å². The van der Waals surface area contributed by atoms with Crippen LogP contribution in [-0.2, 0) is 7.05 Å². The molecule has 27 heavy (non-hydrogen) atoms. The second kappa shape index (κ2) is 7.34. The fourth-order valence-corrected chi connectivity index (χ4v) is 3.50. The average Bonchev–Trinajstić information content (AvgIpc) is 3.25. The number of carbonyl (C=O) groups is 1. The molecule has 0 aliphatic carbocycles. The molecule has 1 amide bonds. The predicted molar refractivity (Wildman–Crippen MR) is 101 cm³/mol. The van der Waals surface area contributed by atoms with Gasteiger partial charge < -0.3 is 14.7 Å². The summed E-state index contributed by atoms with van der Waals surface area (Å²) >= 11 is 0. The molecule has 2 fully saturated rings. The maximum Gasteiger partial charge on any atom is 0.274 e. The molecular weight excluding hydrogens is 346 g/mol. The Bertz CT molecular complexity index is 883. The van der Waals surface area contributed by atoms with Crippen LogP contribution in [-0.4, -0.2) is 69.8 Å². The molecule has 4 rings (SSSR count). The maximum atomic E-state index is 12.6. The lowest BCUT2D eigenvalue weighted by Crippen LogP contribution is -2.49. The third-order valence-corrected chi connectivity index (χ3v) is 5.09. The van der Waals surface area contributed by atoms with Crippen molar-refractivity contribution in [2.45, 2.75) is 12.8 Å². The number of nitrogens with zero attached hydrogens (tertiary/aromatic N) is 7. The molecule has 142 valence electrons. The van der Waals surface area contributed by atoms with E-state index in [1.54, 1.807) is 11.9 Å². The number of rotatable bonds is 3. The van der Waals surface area contributed by atoms with Gasteiger partial charge in [-0.25, -0.2) is 9.67 Å². The van der Waals surface area contributed by atoms with E-state index in [2.05, 4.69) is 19.9 Å². The van der Waals surface area contributed by atoms with E-state index < -0.39 is 0 Å². The Labute approximate surface area is 157 Å². The quantitative estimate of drug-likeness (QED) is 0.760. The molecule has 0 saturated carbocycles. The van der Waals surface area contributed by atoms with Gasteiger partial charge in [0.1, 0.15) is 11.5 Å². The van der Waals surface area contributed by atoms with Crippen LogP contribution in [0, 0.1) is 0 Å². The average molecular weight is 369 g/mol. The number of hydrogen-bond donors (Lipinski definition) is 0. The summed E-state index contributed by atoms with van der Waals surface area (Å²) in [6, 6.07) is 4.78. The molecule has 0 N–H and O–H groups in total. The molecule has 0 aromatic carbocycles. The molecule has 9 nitrogen and oxygen atoms in total. The van der Waals surface area contributed by atoms with Crippen LogP contribution >= 0.6 is 0 Å². The molecule has 2 aliphatic heterocycles. The molecule has 0 atom stereocenters. The van der Waals surface area contributed by atoms with Crippen LogP contribution in [0.5, 0.6) is 0 Å². The number of aryl methyl sites for hydroxylation is 1. The largest absolute Gasteiger partial charge is 0.353 e. The summed E-state index contributed by atoms with van der Waals surface area (Å²) in [6.45, 7) is 4.61. The Morgan fingerprint density at radius 3 is 2.41 bits per heavy atom. The first-order valence-corrected chi connectivity index (χ1v) is 9.28. The fourth-order valence-electron chi connectivity index (χ4n) is 3.50. The highest BCUT2D eigenvalue weighted by Gasteiger charge is 2.25. The molecule has 2 saturated heterocycles. The molecule has 2 aromatic heterocycles. The van der Waals surface area contributed by atoms with E-state index in [1.165, 1.54) is 29.7 Å². The van der Waals surface area contributed by atoms with Gasteiger partial charge in [-0.2, -0.15) is 10.1 Å². The monoisotopic (exact) mass is 369 g/mol. The standard InChI is InChI=1S/C18H23N7O2/c1-22-16(26)5-4-14(21-22)17(27)24-12-10-23(11-13-24)15-6-7-19-18(20-15)25-8-2-3-9-25/h4-7H,2-3,8-13H2,1H3. The Balaban J connectivity index is 1.41. The van der Waals surface area contributed by atoms with Crippen LogP contribution in [0.15, 0.2) is 29.2 Å². The first-order chi connectivity index (χ1) is 13.1. The van der Waals surface area contributed by atoms with Gasteiger partial charge >= 0.3 is 0 Å². The van der Waals surface area contributed by atoms with Gasteiger partial charge in [0, 0.05) is 58.6 Å². The maximum absolute atomic E-state index is 12.6. The number of piperazine rings is 1. The second-order valence-corrected chi connectivity index (χ2v) is 6.87. The predicted octanol–water partition coefficient (Wildman–Crippen LogP) is 0.133. The summed E-state index contributed by atoms with van der Waals surface area (Å²) in [4.78, 5) is 39.4. The summed E-state index contributed by atoms with van der Waals surface area (Å²) in [5, 5.41) is 4.05. The van der Waals surface area contributed by atoms with Gasteiger partial charge in [-0.15, -0.1) is 0 Å². The van der Waals surface area contributed by atoms with Gasteiger partial charge in [-0.3, -0.25) is 9.59 Å². The number of carbonyl (C=O) groups excluding carboxylic acids is 1. The van der Waals surface area contributed by atoms with Crippen LogP contribution in [0.3, 0.4) is 0 Å². The van der Waals surface area contributed by atoms with E-state index in [0.717, 1.165) is 24.9 Å². The lowest BCUT2D eigenvalue weighted by Gasteiger charge is -2.35. The zero-order chi connectivity index (χ0) is 18.8. The van der Waals surface area contributed by atoms with E-state index in [9.17, 15) is 9.59 Å². The van der Waals surface area contributed by atoms with Gasteiger partial charge in [0.25, 0.3) is 11.5 Å². The Kier molecular flexibility index (Phi) is 4.74. The molecule has 2 aliphatic rings. The van der Waals surface area contributed by atoms with Crippen molar-refractivity contribution in [3.8, 4) is 0 Å². The van der Waals surface area contributed by atoms with Gasteiger partial charge in [-0.1, -0.05) is 0 Å². The Hall–Kier alpha value is -2.97. The molecule has 9 heteroatoms. The van der Waals surface area contributed by atoms with Crippen LogP contribution in [0.4, 0.5) is 11.8 Å². The van der Waals surface area contributed by atoms with Crippen molar-refractivity contribution in [2.24, 2.45) is 7.05 Å². The molecule has 0 radical (unpaired) electrons. The fraction of sp³-hybridized carbons (Fsp3) is 0.500. The number of anilines is 2. The van der Waals surface area contributed by atoms with Crippen molar-refractivity contribution in [3.63, 3.8) is 0 Å². The normalized spacial score (nSPS) is 17.4. The Morgan fingerprint density at radius 2 is 1.70 bits per heavy atom. The Morgan fingerprint density at radius 1 is 0.963 bits per heavy atom. The van der Waals surface area contributed by atoms with Crippen molar-refractivity contribution in [2.75, 3.05) is 49.1 Å². The highest BCUT2D eigenvalue weighted by molar-refractivity contribution is 5.92. The molecule has 0 bridgehead atoms. The summed E-state index contributed by atoms with van der Waals surface area (Å²) in [5.41, 5.74) is 0.0674. The first kappa shape index (κ1) is 17.4. The number of amides is 1. The van der Waals surface area contributed by atoms with E-state index in [0.29, 0.717) is 31.9 Å². The SMILES string of the molecule is Cn1nc(C(=O)N2CCN(c3ccnc(N4CCCC4)n3)CC2)ccc1=O. The lowest BCUT2D eigenvalue weighted by atomic mass is 10.2. The highest BCUT2D eigenvalue weighted by Crippen LogP contribution is 2.20. The minimum atomic E-state index is -0.228. The van der Waals surface area contributed by atoms with Crippen molar-refractivity contribution in [3.05, 3.63) is 40.4 Å². The van der Waals surface area contributed by atoms with Crippen molar-refractivity contribution in [1.82, 2.24) is 24.6 Å². The second-order valence-electron chi connectivity index (χ2n) is 6.87. The van der Waals surface area contributed by atoms with Crippen LogP contribution in [0.25, 0.3) is 0 Å². The zero-order valence-corrected chi connectivity index (χ0v) is 15.4. The minimum absolute atomic E-state index is 0.148. The van der Waals surface area contributed by atoms with Crippen molar-refractivity contribution >= 4 is 17.7 Å². The zero-order valence-electron chi connectivity index (χ0n) is 15.4. The first-order valence-electron chi connectivity index (χ1n) is 9.28. The topological polar surface area (TPSA) is 87.5 Å². The number of aromatic nitrogens is 4. The number of hydrogen-bond acceptors (Lipinski definition) is 7. The lowest BCUT2D eigenvalue weighted by molar-refractivity contribution is 0.0738. The molecule has 0 unspecified atom stereocenters. The van der Waals surface area contributed by atoms with E-state index in [1.807, 2.05) is 12.3 Å². The molecular formula is C18H23N7O2. The van der Waals surface area contributed by atoms with Gasteiger partial charge in [0.15, 0.2) is 0 Å². The van der Waals surface area contributed by atoms with E-state index >= 15 is 0 Å². The van der Waals surface area contributed by atoms with Gasteiger partial charge in [0.2, 0.25) is 5.95 Å². The van der Waals surface area contributed by atoms with Crippen molar-refractivity contribution in [1.29, 1.82) is 0 Å². The van der Waals surface area contributed by atoms with Gasteiger partial charge in [-0.05, 0) is 25.0 Å². The molecule has 0 spiro atoms. The summed E-state index contributed by atoms with van der Waals surface area (Å²) in [7, 11) is 1.55. The van der Waals surface area contributed by atoms with E-state index in [4.69, 9.17) is 4.98 Å². The summed E-state index contributed by atoms with van der Waals surface area (Å²) in [6.07, 6.45) is 4.18. The van der Waals surface area contributed by atoms with Crippen LogP contribution in [0.2, 0.25) is 0 Å². The van der Waals surface area contributed by atoms with Crippen molar-refractivity contribution < 1.29 is 4.79 Å². The minimum Gasteiger partial charge on any atom is -0.353 e. The highest BCUT2D eigenvalue weighted by atomic mass is 16.2. The third-order valence-electron chi connectivity index (χ3n) is 5.09. The smallest absolute Gasteiger partial charge is 0.274 e. The van der Waals surface area contributed by atoms with Crippen LogP contribution in [0.1, 0.15) is 23.3 Å². The molecule has 2 aromatic rings. The summed E-state index contributed by atoms with van der Waals surface area (Å²) < 4.78 is 1.18. The summed E-state index contributed by atoms with van der Waals surface area (Å²) in [5.74, 6) is 1.54. The third kappa shape index (κ3) is 3.62. The molecule has 4 heterocycles.